The van der Waals surface area contributed by atoms with Crippen LogP contribution in [0.15, 0.2) is 46.2 Å². The molecule has 0 aromatic heterocycles. The van der Waals surface area contributed by atoms with E-state index in [1.54, 1.807) is 18.2 Å². The van der Waals surface area contributed by atoms with E-state index in [1.807, 2.05) is 6.07 Å². The molecule has 90 valence electrons. The van der Waals surface area contributed by atoms with Crippen molar-refractivity contribution < 1.29 is 8.78 Å². The second-order valence-corrected chi connectivity index (χ2v) is 4.65. The van der Waals surface area contributed by atoms with Crippen LogP contribution in [0.5, 0.6) is 0 Å². The average Bonchev–Trinajstić information content (AvgIpc) is 2.34. The zero-order valence-corrected chi connectivity index (χ0v) is 9.97. The van der Waals surface area contributed by atoms with Crippen LogP contribution in [0.3, 0.4) is 0 Å². The Morgan fingerprint density at radius 1 is 1.11 bits per heavy atom. The van der Waals surface area contributed by atoms with E-state index in [2.05, 4.69) is 0 Å². The summed E-state index contributed by atoms with van der Waals surface area (Å²) in [5.41, 5.74) is 6.33. The predicted molar refractivity (Wildman–Crippen MR) is 66.1 cm³/mol. The van der Waals surface area contributed by atoms with Gasteiger partial charge in [0, 0.05) is 4.90 Å². The van der Waals surface area contributed by atoms with Gasteiger partial charge in [-0.3, -0.25) is 0 Å². The second kappa shape index (κ2) is 5.07. The van der Waals surface area contributed by atoms with E-state index >= 15 is 0 Å². The monoisotopic (exact) mass is 262 g/mol. The Morgan fingerprint density at radius 2 is 1.89 bits per heavy atom. The smallest absolute Gasteiger partial charge is 0.137 e. The Hall–Kier alpha value is -2.06. The van der Waals surface area contributed by atoms with Gasteiger partial charge in [0.1, 0.15) is 17.7 Å². The maximum absolute atomic E-state index is 13.4. The molecule has 0 radical (unpaired) electrons. The summed E-state index contributed by atoms with van der Waals surface area (Å²) >= 11 is 1.06. The number of nitriles is 1. The largest absolute Gasteiger partial charge is 0.398 e. The van der Waals surface area contributed by atoms with Crippen LogP contribution < -0.4 is 5.73 Å². The number of benzene rings is 2. The second-order valence-electron chi connectivity index (χ2n) is 3.54. The SMILES string of the molecule is N#Cc1ccc(Sc2cc(F)ccc2F)cc1N. The number of nitrogens with two attached hydrogens (primary N) is 1. The van der Waals surface area contributed by atoms with Gasteiger partial charge in [-0.1, -0.05) is 11.8 Å². The van der Waals surface area contributed by atoms with Gasteiger partial charge in [-0.05, 0) is 36.4 Å². The highest BCUT2D eigenvalue weighted by molar-refractivity contribution is 7.99. The first-order valence-corrected chi connectivity index (χ1v) is 5.84. The zero-order valence-electron chi connectivity index (χ0n) is 9.15. The van der Waals surface area contributed by atoms with Crippen LogP contribution >= 0.6 is 11.8 Å². The molecule has 0 aliphatic rings. The molecule has 0 fully saturated rings. The van der Waals surface area contributed by atoms with Crippen molar-refractivity contribution in [3.8, 4) is 6.07 Å². The maximum atomic E-state index is 13.4. The van der Waals surface area contributed by atoms with Crippen molar-refractivity contribution in [2.24, 2.45) is 0 Å². The highest BCUT2D eigenvalue weighted by atomic mass is 32.2. The van der Waals surface area contributed by atoms with Crippen molar-refractivity contribution in [2.75, 3.05) is 5.73 Å². The minimum atomic E-state index is -0.500. The van der Waals surface area contributed by atoms with Crippen LogP contribution in [0.2, 0.25) is 0 Å². The summed E-state index contributed by atoms with van der Waals surface area (Å²) in [4.78, 5) is 0.829. The van der Waals surface area contributed by atoms with Gasteiger partial charge in [-0.15, -0.1) is 0 Å². The molecule has 0 unspecified atom stereocenters. The summed E-state index contributed by atoms with van der Waals surface area (Å²) in [5.74, 6) is -0.996. The van der Waals surface area contributed by atoms with Crippen molar-refractivity contribution in [2.45, 2.75) is 9.79 Å². The molecule has 0 saturated carbocycles. The summed E-state index contributed by atoms with van der Waals surface area (Å²) in [6.07, 6.45) is 0. The van der Waals surface area contributed by atoms with Gasteiger partial charge in [0.15, 0.2) is 0 Å². The summed E-state index contributed by atoms with van der Waals surface area (Å²) in [7, 11) is 0. The van der Waals surface area contributed by atoms with Crippen LogP contribution in [-0.4, -0.2) is 0 Å². The molecule has 2 nitrogen and oxygen atoms in total. The molecule has 2 aromatic rings. The van der Waals surface area contributed by atoms with Crippen LogP contribution in [-0.2, 0) is 0 Å². The van der Waals surface area contributed by atoms with E-state index in [9.17, 15) is 8.78 Å². The molecule has 0 heterocycles. The molecule has 0 atom stereocenters. The van der Waals surface area contributed by atoms with Gasteiger partial charge in [-0.2, -0.15) is 5.26 Å². The van der Waals surface area contributed by atoms with E-state index < -0.39 is 11.6 Å². The predicted octanol–water partition coefficient (Wildman–Crippen LogP) is 3.57. The van der Waals surface area contributed by atoms with Gasteiger partial charge < -0.3 is 5.73 Å². The van der Waals surface area contributed by atoms with Gasteiger partial charge in [0.25, 0.3) is 0 Å². The summed E-state index contributed by atoms with van der Waals surface area (Å²) < 4.78 is 26.4. The first-order valence-electron chi connectivity index (χ1n) is 5.02. The highest BCUT2D eigenvalue weighted by Gasteiger charge is 2.07. The van der Waals surface area contributed by atoms with Gasteiger partial charge in [0.05, 0.1) is 16.1 Å². The van der Waals surface area contributed by atoms with Crippen LogP contribution in [0.1, 0.15) is 5.56 Å². The number of nitrogens with zero attached hydrogens (tertiary/aromatic N) is 1. The van der Waals surface area contributed by atoms with Crippen LogP contribution in [0.4, 0.5) is 14.5 Å². The molecule has 0 saturated heterocycles. The molecule has 5 heteroatoms. The van der Waals surface area contributed by atoms with Gasteiger partial charge in [0.2, 0.25) is 0 Å². The third-order valence-electron chi connectivity index (χ3n) is 2.26. The molecule has 0 spiro atoms. The molecule has 0 aliphatic heterocycles. The normalized spacial score (nSPS) is 10.1. The molecule has 2 rings (SSSR count). The summed E-state index contributed by atoms with van der Waals surface area (Å²) in [6, 6.07) is 9.95. The number of anilines is 1. The van der Waals surface area contributed by atoms with Crippen molar-refractivity contribution in [1.82, 2.24) is 0 Å². The minimum Gasteiger partial charge on any atom is -0.398 e. The first kappa shape index (κ1) is 12.4. The number of hydrogen-bond donors (Lipinski definition) is 1. The molecule has 18 heavy (non-hydrogen) atoms. The Balaban J connectivity index is 2.32. The standard InChI is InChI=1S/C13H8F2N2S/c14-9-2-4-11(15)13(5-9)18-10-3-1-8(7-16)12(17)6-10/h1-6H,17H2. The third kappa shape index (κ3) is 2.60. The van der Waals surface area contributed by atoms with E-state index in [1.165, 1.54) is 0 Å². The fourth-order valence-electron chi connectivity index (χ4n) is 1.39. The molecular weight excluding hydrogens is 254 g/mol. The molecule has 0 amide bonds. The lowest BCUT2D eigenvalue weighted by molar-refractivity contribution is 0.577. The van der Waals surface area contributed by atoms with E-state index in [0.717, 1.165) is 30.0 Å². The van der Waals surface area contributed by atoms with Gasteiger partial charge >= 0.3 is 0 Å². The maximum Gasteiger partial charge on any atom is 0.137 e. The van der Waals surface area contributed by atoms with E-state index in [4.69, 9.17) is 11.0 Å². The molecule has 0 bridgehead atoms. The molecular formula is C13H8F2N2S. The Kier molecular flexibility index (Phi) is 3.49. The average molecular weight is 262 g/mol. The lowest BCUT2D eigenvalue weighted by Crippen LogP contribution is -1.90. The lowest BCUT2D eigenvalue weighted by Gasteiger charge is -2.05. The number of nitrogen functional groups attached to an aromatic ring is 1. The molecule has 2 N–H and O–H groups in total. The Labute approximate surface area is 107 Å². The summed E-state index contributed by atoms with van der Waals surface area (Å²) in [5, 5.41) is 8.73. The Bertz CT molecular complexity index is 635. The minimum absolute atomic E-state index is 0.180. The van der Waals surface area contributed by atoms with E-state index in [-0.39, 0.29) is 4.90 Å². The lowest BCUT2D eigenvalue weighted by atomic mass is 10.2. The van der Waals surface area contributed by atoms with Crippen molar-refractivity contribution in [3.63, 3.8) is 0 Å². The third-order valence-corrected chi connectivity index (χ3v) is 3.29. The highest BCUT2D eigenvalue weighted by Crippen LogP contribution is 2.32. The van der Waals surface area contributed by atoms with Crippen molar-refractivity contribution >= 4 is 17.4 Å². The molecule has 2 aromatic carbocycles. The number of hydrogen-bond acceptors (Lipinski definition) is 3. The topological polar surface area (TPSA) is 49.8 Å². The zero-order chi connectivity index (χ0) is 13.1. The Morgan fingerprint density at radius 3 is 2.56 bits per heavy atom. The number of halogens is 2. The van der Waals surface area contributed by atoms with Crippen LogP contribution in [0.25, 0.3) is 0 Å². The quantitative estimate of drug-likeness (QED) is 0.842. The first-order chi connectivity index (χ1) is 8.60. The van der Waals surface area contributed by atoms with Crippen LogP contribution in [0, 0.1) is 23.0 Å². The fourth-order valence-corrected chi connectivity index (χ4v) is 2.30. The van der Waals surface area contributed by atoms with Crippen molar-refractivity contribution in [3.05, 3.63) is 53.6 Å². The number of rotatable bonds is 2. The van der Waals surface area contributed by atoms with Crippen molar-refractivity contribution in [1.29, 1.82) is 5.26 Å². The van der Waals surface area contributed by atoms with Gasteiger partial charge in [-0.25, -0.2) is 8.78 Å². The van der Waals surface area contributed by atoms with E-state index in [0.29, 0.717) is 16.1 Å². The summed E-state index contributed by atoms with van der Waals surface area (Å²) in [6.45, 7) is 0. The molecule has 0 aliphatic carbocycles. The fraction of sp³-hybridized carbons (Fsp3) is 0.